The van der Waals surface area contributed by atoms with Crippen molar-refractivity contribution in [1.29, 1.82) is 0 Å². The maximum absolute atomic E-state index is 13.4. The predicted molar refractivity (Wildman–Crippen MR) is 148 cm³/mol. The normalized spacial score (nSPS) is 19.8. The Morgan fingerprint density at radius 3 is 2.79 bits per heavy atom. The monoisotopic (exact) mass is 529 g/mol. The number of amides is 1. The van der Waals surface area contributed by atoms with E-state index in [9.17, 15) is 14.7 Å². The van der Waals surface area contributed by atoms with Crippen LogP contribution in [0, 0.1) is 0 Å². The van der Waals surface area contributed by atoms with Crippen LogP contribution in [0.4, 0.5) is 0 Å². The Bertz CT molecular complexity index is 1360. The quantitative estimate of drug-likeness (QED) is 0.157. The first-order chi connectivity index (χ1) is 19.0. The summed E-state index contributed by atoms with van der Waals surface area (Å²) in [5.74, 6) is -0.00842. The lowest BCUT2D eigenvalue weighted by atomic mass is 9.94. The number of hydrogen-bond acceptors (Lipinski definition) is 6. The van der Waals surface area contributed by atoms with E-state index in [2.05, 4.69) is 11.9 Å². The first kappa shape index (κ1) is 26.5. The summed E-state index contributed by atoms with van der Waals surface area (Å²) >= 11 is 0. The number of nitrogens with zero attached hydrogens (tertiary/aromatic N) is 3. The molecule has 0 spiro atoms. The van der Waals surface area contributed by atoms with Gasteiger partial charge in [-0.2, -0.15) is 0 Å². The summed E-state index contributed by atoms with van der Waals surface area (Å²) in [6, 6.07) is 12.2. The Kier molecular flexibility index (Phi) is 8.00. The number of ether oxygens (including phenoxy) is 2. The van der Waals surface area contributed by atoms with Gasteiger partial charge in [-0.1, -0.05) is 31.9 Å². The molecule has 1 amide bonds. The van der Waals surface area contributed by atoms with Crippen molar-refractivity contribution in [2.24, 2.45) is 0 Å². The van der Waals surface area contributed by atoms with Gasteiger partial charge in [0.25, 0.3) is 11.7 Å². The van der Waals surface area contributed by atoms with E-state index in [1.165, 1.54) is 0 Å². The van der Waals surface area contributed by atoms with Crippen molar-refractivity contribution in [3.8, 4) is 11.5 Å². The van der Waals surface area contributed by atoms with Crippen molar-refractivity contribution < 1.29 is 24.2 Å². The zero-order valence-electron chi connectivity index (χ0n) is 22.5. The fourth-order valence-electron chi connectivity index (χ4n) is 5.34. The third kappa shape index (κ3) is 5.70. The molecule has 1 saturated heterocycles. The Labute approximate surface area is 228 Å². The molecule has 2 aromatic carbocycles. The Hall–Kier alpha value is -4.07. The molecule has 2 unspecified atom stereocenters. The lowest BCUT2D eigenvalue weighted by molar-refractivity contribution is -0.139. The topological polar surface area (TPSA) is 93.9 Å². The number of aromatic nitrogens is 2. The number of unbranched alkanes of at least 4 members (excludes halogenated alkanes) is 2. The van der Waals surface area contributed by atoms with Crippen molar-refractivity contribution in [2.75, 3.05) is 13.2 Å². The molecule has 8 heteroatoms. The number of carbonyl (C=O) groups is 2. The third-order valence-electron chi connectivity index (χ3n) is 7.27. The van der Waals surface area contributed by atoms with Crippen LogP contribution in [-0.4, -0.2) is 50.5 Å². The average Bonchev–Trinajstić information content (AvgIpc) is 3.65. The van der Waals surface area contributed by atoms with E-state index in [1.807, 2.05) is 54.1 Å². The highest BCUT2D eigenvalue weighted by Gasteiger charge is 2.46. The second-order valence-electron chi connectivity index (χ2n) is 10.2. The number of fused-ring (bicyclic) bond motifs is 1. The van der Waals surface area contributed by atoms with Crippen molar-refractivity contribution in [1.82, 2.24) is 14.5 Å². The van der Waals surface area contributed by atoms with Gasteiger partial charge in [0, 0.05) is 37.5 Å². The highest BCUT2D eigenvalue weighted by Crippen LogP contribution is 2.41. The van der Waals surface area contributed by atoms with Gasteiger partial charge in [-0.25, -0.2) is 4.98 Å². The van der Waals surface area contributed by atoms with E-state index >= 15 is 0 Å². The summed E-state index contributed by atoms with van der Waals surface area (Å²) in [7, 11) is 0. The minimum absolute atomic E-state index is 0.0542. The number of rotatable bonds is 11. The second-order valence-corrected chi connectivity index (χ2v) is 10.2. The van der Waals surface area contributed by atoms with Crippen molar-refractivity contribution in [3.63, 3.8) is 0 Å². The third-order valence-corrected chi connectivity index (χ3v) is 7.27. The molecule has 0 saturated carbocycles. The number of benzene rings is 2. The lowest BCUT2D eigenvalue weighted by Crippen LogP contribution is -2.31. The second kappa shape index (κ2) is 11.8. The van der Waals surface area contributed by atoms with Crippen LogP contribution in [0.15, 0.2) is 66.8 Å². The van der Waals surface area contributed by atoms with Crippen molar-refractivity contribution in [3.05, 3.63) is 83.4 Å². The highest BCUT2D eigenvalue weighted by molar-refractivity contribution is 6.46. The number of Topliss-reactive ketones (excluding diaryl/α,β-unsaturated/α-hetero) is 1. The van der Waals surface area contributed by atoms with Crippen molar-refractivity contribution >= 4 is 17.4 Å². The number of hydrogen-bond donors (Lipinski definition) is 1. The predicted octanol–water partition coefficient (Wildman–Crippen LogP) is 5.29. The number of aryl methyl sites for hydroxylation is 1. The number of aliphatic hydroxyl groups is 1. The Morgan fingerprint density at radius 2 is 2.00 bits per heavy atom. The van der Waals surface area contributed by atoms with Gasteiger partial charge in [0.2, 0.25) is 0 Å². The largest absolute Gasteiger partial charge is 0.507 e. The molecule has 1 fully saturated rings. The molecule has 8 nitrogen and oxygen atoms in total. The van der Waals surface area contributed by atoms with Crippen LogP contribution in [0.1, 0.15) is 62.3 Å². The van der Waals surface area contributed by atoms with Gasteiger partial charge < -0.3 is 24.0 Å². The molecule has 2 aliphatic rings. The maximum atomic E-state index is 13.4. The number of aliphatic hydroxyl groups excluding tert-OH is 1. The minimum atomic E-state index is -0.726. The molecule has 1 N–H and O–H groups in total. The summed E-state index contributed by atoms with van der Waals surface area (Å²) in [6.45, 7) is 5.73. The summed E-state index contributed by atoms with van der Waals surface area (Å²) in [5, 5.41) is 11.5. The molecule has 3 aromatic rings. The number of likely N-dealkylation sites (tertiary alicyclic amines) is 1. The van der Waals surface area contributed by atoms with Crippen LogP contribution in [-0.2, 0) is 22.6 Å². The summed E-state index contributed by atoms with van der Waals surface area (Å²) in [5.41, 5.74) is 2.29. The molecule has 3 heterocycles. The summed E-state index contributed by atoms with van der Waals surface area (Å²) < 4.78 is 13.7. The van der Waals surface area contributed by atoms with E-state index in [1.54, 1.807) is 23.5 Å². The Balaban J connectivity index is 1.49. The number of carbonyl (C=O) groups excluding carboxylic acids is 2. The molecular weight excluding hydrogens is 494 g/mol. The van der Waals surface area contributed by atoms with E-state index in [0.29, 0.717) is 37.4 Å². The van der Waals surface area contributed by atoms with E-state index in [4.69, 9.17) is 9.47 Å². The molecule has 204 valence electrons. The maximum Gasteiger partial charge on any atom is 0.295 e. The molecule has 2 atom stereocenters. The van der Waals surface area contributed by atoms with Gasteiger partial charge in [-0.15, -0.1) is 0 Å². The van der Waals surface area contributed by atoms with E-state index in [0.717, 1.165) is 42.6 Å². The molecular formula is C31H35N3O5. The molecule has 0 radical (unpaired) electrons. The lowest BCUT2D eigenvalue weighted by Gasteiger charge is -2.26. The van der Waals surface area contributed by atoms with Crippen LogP contribution in [0.25, 0.3) is 5.76 Å². The molecule has 1 aromatic heterocycles. The van der Waals surface area contributed by atoms with Gasteiger partial charge in [-0.3, -0.25) is 9.59 Å². The minimum Gasteiger partial charge on any atom is -0.507 e. The van der Waals surface area contributed by atoms with Crippen LogP contribution in [0.2, 0.25) is 0 Å². The van der Waals surface area contributed by atoms with Gasteiger partial charge in [0.05, 0.1) is 24.5 Å². The molecule has 2 aliphatic heterocycles. The van der Waals surface area contributed by atoms with E-state index in [-0.39, 0.29) is 17.4 Å². The van der Waals surface area contributed by atoms with Crippen LogP contribution in [0.5, 0.6) is 11.5 Å². The average molecular weight is 530 g/mol. The smallest absolute Gasteiger partial charge is 0.295 e. The number of ketones is 1. The molecule has 5 rings (SSSR count). The molecule has 39 heavy (non-hydrogen) atoms. The Morgan fingerprint density at radius 1 is 1.13 bits per heavy atom. The van der Waals surface area contributed by atoms with Crippen LogP contribution in [0.3, 0.4) is 0 Å². The van der Waals surface area contributed by atoms with E-state index < -0.39 is 17.7 Å². The van der Waals surface area contributed by atoms with Gasteiger partial charge in [0.15, 0.2) is 0 Å². The fourth-order valence-corrected chi connectivity index (χ4v) is 5.34. The fraction of sp³-hybridized carbons (Fsp3) is 0.387. The summed E-state index contributed by atoms with van der Waals surface area (Å²) in [6.07, 6.45) is 9.84. The first-order valence-corrected chi connectivity index (χ1v) is 13.7. The van der Waals surface area contributed by atoms with Crippen LogP contribution >= 0.6 is 0 Å². The van der Waals surface area contributed by atoms with Crippen molar-refractivity contribution in [2.45, 2.75) is 64.6 Å². The number of imidazole rings is 1. The summed E-state index contributed by atoms with van der Waals surface area (Å²) in [4.78, 5) is 32.4. The van der Waals surface area contributed by atoms with Gasteiger partial charge in [-0.05, 0) is 61.2 Å². The zero-order valence-corrected chi connectivity index (χ0v) is 22.5. The zero-order chi connectivity index (χ0) is 27.4. The SMILES string of the molecule is CCCCCOc1cccc(C2C(=C(O)c3ccc4c(c3)CC(C)O4)C(=O)C(=O)N2CCCn2ccnc2)c1. The first-order valence-electron chi connectivity index (χ1n) is 13.7. The molecule has 0 aliphatic carbocycles. The van der Waals surface area contributed by atoms with Gasteiger partial charge in [0.1, 0.15) is 23.4 Å². The molecule has 0 bridgehead atoms. The highest BCUT2D eigenvalue weighted by atomic mass is 16.5. The standard InChI is InChI=1S/C31H35N3O5/c1-3-4-5-16-38-25-9-6-8-22(19-25)28-27(29(35)23-10-11-26-24(18-23)17-21(2)39-26)30(36)31(37)34(28)14-7-13-33-15-12-32-20-33/h6,8-12,15,18-21,28,35H,3-5,7,13-14,16-17H2,1-2H3. The van der Waals surface area contributed by atoms with Gasteiger partial charge >= 0.3 is 0 Å². The van der Waals surface area contributed by atoms with Crippen LogP contribution < -0.4 is 9.47 Å².